The molecule has 7 nitrogen and oxygen atoms in total. The van der Waals surface area contributed by atoms with E-state index in [1.807, 2.05) is 25.7 Å². The highest BCUT2D eigenvalue weighted by atomic mass is 35.5. The lowest BCUT2D eigenvalue weighted by Crippen LogP contribution is -2.50. The van der Waals surface area contributed by atoms with Gasteiger partial charge < -0.3 is 18.9 Å². The molecule has 0 aliphatic carbocycles. The smallest absolute Gasteiger partial charge is 0.410 e. The van der Waals surface area contributed by atoms with E-state index in [4.69, 9.17) is 37.2 Å². The van der Waals surface area contributed by atoms with Gasteiger partial charge in [0.1, 0.15) is 28.7 Å². The van der Waals surface area contributed by atoms with E-state index < -0.39 is 11.6 Å². The summed E-state index contributed by atoms with van der Waals surface area (Å²) in [6.45, 7) is 7.20. The SMILES string of the molecule is Cc1onc(-c2c(Cl)cccc2Cl)c1C(=O)OC1CC2CCC(C1)N2C(=O)OC(C)(C)C. The molecule has 2 aliphatic heterocycles. The number of esters is 1. The van der Waals surface area contributed by atoms with Crippen LogP contribution in [0.15, 0.2) is 22.7 Å². The number of aromatic nitrogens is 1. The molecular formula is C23H26Cl2N2O5. The fourth-order valence-electron chi connectivity index (χ4n) is 4.55. The van der Waals surface area contributed by atoms with Crippen LogP contribution in [-0.2, 0) is 9.47 Å². The fraction of sp³-hybridized carbons (Fsp3) is 0.522. The van der Waals surface area contributed by atoms with Crippen molar-refractivity contribution in [2.45, 2.75) is 77.2 Å². The minimum atomic E-state index is -0.554. The Balaban J connectivity index is 1.50. The molecule has 172 valence electrons. The highest BCUT2D eigenvalue weighted by Crippen LogP contribution is 2.40. The molecule has 2 aromatic rings. The number of benzene rings is 1. The number of amides is 1. The van der Waals surface area contributed by atoms with Gasteiger partial charge in [0.05, 0.1) is 10.0 Å². The molecule has 2 aliphatic rings. The molecule has 2 bridgehead atoms. The quantitative estimate of drug-likeness (QED) is 0.497. The number of fused-ring (bicyclic) bond motifs is 2. The highest BCUT2D eigenvalue weighted by Gasteiger charge is 2.46. The van der Waals surface area contributed by atoms with E-state index in [2.05, 4.69) is 5.16 Å². The van der Waals surface area contributed by atoms with Gasteiger partial charge in [-0.2, -0.15) is 0 Å². The summed E-state index contributed by atoms with van der Waals surface area (Å²) in [5.41, 5.74) is 0.348. The zero-order valence-corrected chi connectivity index (χ0v) is 20.0. The van der Waals surface area contributed by atoms with E-state index in [0.717, 1.165) is 12.8 Å². The number of piperidine rings is 1. The van der Waals surface area contributed by atoms with Gasteiger partial charge in [-0.05, 0) is 52.7 Å². The van der Waals surface area contributed by atoms with Crippen molar-refractivity contribution in [2.24, 2.45) is 0 Å². The zero-order valence-electron chi connectivity index (χ0n) is 18.5. The van der Waals surface area contributed by atoms with Crippen molar-refractivity contribution in [3.05, 3.63) is 39.6 Å². The van der Waals surface area contributed by atoms with Gasteiger partial charge in [-0.25, -0.2) is 9.59 Å². The summed E-state index contributed by atoms with van der Waals surface area (Å²) in [4.78, 5) is 27.6. The summed E-state index contributed by atoms with van der Waals surface area (Å²) in [5, 5.41) is 4.75. The second-order valence-electron chi connectivity index (χ2n) is 9.33. The molecule has 1 aromatic carbocycles. The van der Waals surface area contributed by atoms with Crippen LogP contribution < -0.4 is 0 Å². The highest BCUT2D eigenvalue weighted by molar-refractivity contribution is 6.39. The predicted octanol–water partition coefficient (Wildman–Crippen LogP) is 6.04. The molecule has 9 heteroatoms. The molecule has 4 rings (SSSR count). The van der Waals surface area contributed by atoms with Crippen molar-refractivity contribution in [3.63, 3.8) is 0 Å². The Hall–Kier alpha value is -2.25. The van der Waals surface area contributed by atoms with Gasteiger partial charge in [0, 0.05) is 30.5 Å². The van der Waals surface area contributed by atoms with Gasteiger partial charge in [0.2, 0.25) is 0 Å². The summed E-state index contributed by atoms with van der Waals surface area (Å²) in [5.74, 6) is -0.208. The number of nitrogens with zero attached hydrogens (tertiary/aromatic N) is 2. The summed E-state index contributed by atoms with van der Waals surface area (Å²) in [7, 11) is 0. The fourth-order valence-corrected chi connectivity index (χ4v) is 5.13. The largest absolute Gasteiger partial charge is 0.458 e. The number of aryl methyl sites for hydroxylation is 1. The number of carbonyl (C=O) groups is 2. The first-order valence-corrected chi connectivity index (χ1v) is 11.4. The lowest BCUT2D eigenvalue weighted by atomic mass is 10.00. The second-order valence-corrected chi connectivity index (χ2v) is 10.1. The third-order valence-corrected chi connectivity index (χ3v) is 6.46. The van der Waals surface area contributed by atoms with E-state index in [-0.39, 0.29) is 35.5 Å². The summed E-state index contributed by atoms with van der Waals surface area (Å²) in [6, 6.07) is 5.04. The number of rotatable bonds is 3. The average Bonchev–Trinajstić information content (AvgIpc) is 3.18. The molecule has 3 heterocycles. The first kappa shape index (κ1) is 22.9. The van der Waals surface area contributed by atoms with Crippen molar-refractivity contribution >= 4 is 35.3 Å². The Morgan fingerprint density at radius 2 is 1.72 bits per heavy atom. The Bertz CT molecular complexity index is 1010. The summed E-state index contributed by atoms with van der Waals surface area (Å²) >= 11 is 12.6. The van der Waals surface area contributed by atoms with Gasteiger partial charge in [-0.1, -0.05) is 34.4 Å². The first-order valence-electron chi connectivity index (χ1n) is 10.7. The lowest BCUT2D eigenvalue weighted by molar-refractivity contribution is -0.0226. The molecule has 1 amide bonds. The number of ether oxygens (including phenoxy) is 2. The average molecular weight is 481 g/mol. The Morgan fingerprint density at radius 3 is 2.28 bits per heavy atom. The number of halogens is 2. The molecule has 2 fully saturated rings. The number of carbonyl (C=O) groups excluding carboxylic acids is 2. The monoisotopic (exact) mass is 480 g/mol. The van der Waals surface area contributed by atoms with Crippen LogP contribution >= 0.6 is 23.2 Å². The maximum absolute atomic E-state index is 13.1. The Kier molecular flexibility index (Phi) is 6.16. The molecule has 2 saturated heterocycles. The summed E-state index contributed by atoms with van der Waals surface area (Å²) in [6.07, 6.45) is 2.24. The topological polar surface area (TPSA) is 81.9 Å². The van der Waals surface area contributed by atoms with Crippen LogP contribution in [0.1, 0.15) is 62.6 Å². The summed E-state index contributed by atoms with van der Waals surface area (Å²) < 4.78 is 16.7. The molecule has 0 spiro atoms. The predicted molar refractivity (Wildman–Crippen MR) is 120 cm³/mol. The normalized spacial score (nSPS) is 22.7. The molecule has 1 aromatic heterocycles. The van der Waals surface area contributed by atoms with Gasteiger partial charge in [0.15, 0.2) is 0 Å². The van der Waals surface area contributed by atoms with E-state index in [1.54, 1.807) is 25.1 Å². The van der Waals surface area contributed by atoms with E-state index in [0.29, 0.717) is 34.2 Å². The van der Waals surface area contributed by atoms with Crippen molar-refractivity contribution in [2.75, 3.05) is 0 Å². The molecule has 0 saturated carbocycles. The maximum atomic E-state index is 13.1. The standard InChI is InChI=1S/C23H26Cl2N2O5/c1-12-18(20(26-32-12)19-16(24)6-5-7-17(19)25)21(28)30-15-10-13-8-9-14(11-15)27(13)22(29)31-23(2,3)4/h5-7,13-15H,8-11H2,1-4H3. The van der Waals surface area contributed by atoms with Crippen LogP contribution in [0.4, 0.5) is 4.79 Å². The van der Waals surface area contributed by atoms with Crippen LogP contribution in [0, 0.1) is 6.92 Å². The van der Waals surface area contributed by atoms with Crippen molar-refractivity contribution < 1.29 is 23.6 Å². The van der Waals surface area contributed by atoms with E-state index in [9.17, 15) is 9.59 Å². The van der Waals surface area contributed by atoms with Crippen LogP contribution in [0.25, 0.3) is 11.3 Å². The van der Waals surface area contributed by atoms with Crippen molar-refractivity contribution in [3.8, 4) is 11.3 Å². The Labute approximate surface area is 196 Å². The van der Waals surface area contributed by atoms with Crippen molar-refractivity contribution in [1.82, 2.24) is 10.1 Å². The van der Waals surface area contributed by atoms with E-state index in [1.165, 1.54) is 0 Å². The molecule has 0 N–H and O–H groups in total. The molecular weight excluding hydrogens is 455 g/mol. The second kappa shape index (κ2) is 8.60. The third kappa shape index (κ3) is 4.46. The zero-order chi connectivity index (χ0) is 23.2. The minimum Gasteiger partial charge on any atom is -0.458 e. The third-order valence-electron chi connectivity index (χ3n) is 5.83. The number of hydrogen-bond acceptors (Lipinski definition) is 6. The molecule has 2 atom stereocenters. The van der Waals surface area contributed by atoms with Gasteiger partial charge in [-0.3, -0.25) is 0 Å². The van der Waals surface area contributed by atoms with Crippen LogP contribution in [0.3, 0.4) is 0 Å². The Morgan fingerprint density at radius 1 is 1.12 bits per heavy atom. The van der Waals surface area contributed by atoms with Gasteiger partial charge >= 0.3 is 12.1 Å². The molecule has 2 unspecified atom stereocenters. The number of hydrogen-bond donors (Lipinski definition) is 0. The minimum absolute atomic E-state index is 0.0116. The maximum Gasteiger partial charge on any atom is 0.410 e. The van der Waals surface area contributed by atoms with Crippen LogP contribution in [0.2, 0.25) is 10.0 Å². The van der Waals surface area contributed by atoms with Gasteiger partial charge in [-0.15, -0.1) is 0 Å². The van der Waals surface area contributed by atoms with E-state index >= 15 is 0 Å². The molecule has 0 radical (unpaired) electrons. The lowest BCUT2D eigenvalue weighted by Gasteiger charge is -2.39. The molecule has 32 heavy (non-hydrogen) atoms. The van der Waals surface area contributed by atoms with Crippen LogP contribution in [-0.4, -0.2) is 45.9 Å². The van der Waals surface area contributed by atoms with Crippen LogP contribution in [0.5, 0.6) is 0 Å². The van der Waals surface area contributed by atoms with Gasteiger partial charge in [0.25, 0.3) is 0 Å². The first-order chi connectivity index (χ1) is 15.0. The van der Waals surface area contributed by atoms with Crippen molar-refractivity contribution in [1.29, 1.82) is 0 Å².